The number of amidine groups is 2. The molecule has 1 aliphatic heterocycles. The summed E-state index contributed by atoms with van der Waals surface area (Å²) >= 11 is 0. The van der Waals surface area contributed by atoms with Crippen molar-refractivity contribution in [2.75, 3.05) is 0 Å². The van der Waals surface area contributed by atoms with Gasteiger partial charge in [-0.05, 0) is 74.0 Å². The molecule has 290 valence electrons. The lowest BCUT2D eigenvalue weighted by Gasteiger charge is -2.24. The van der Waals surface area contributed by atoms with Crippen molar-refractivity contribution in [2.24, 2.45) is 9.98 Å². The van der Waals surface area contributed by atoms with Gasteiger partial charge in [0, 0.05) is 38.2 Å². The van der Waals surface area contributed by atoms with Gasteiger partial charge in [-0.25, -0.2) is 9.98 Å². The number of hydrogen-bond donors (Lipinski definition) is 1. The molecule has 3 heterocycles. The molecule has 5 heteroatoms. The fourth-order valence-electron chi connectivity index (χ4n) is 9.68. The van der Waals surface area contributed by atoms with E-state index in [0.29, 0.717) is 5.84 Å². The van der Waals surface area contributed by atoms with Crippen molar-refractivity contribution in [1.82, 2.24) is 9.88 Å². The fourth-order valence-corrected chi connectivity index (χ4v) is 9.68. The zero-order valence-corrected chi connectivity index (χ0v) is 33.5. The highest BCUT2D eigenvalue weighted by atomic mass is 16.3. The second-order valence-electron chi connectivity index (χ2n) is 16.1. The number of hydrogen-bond acceptors (Lipinski definition) is 4. The number of benzene rings is 10. The number of aliphatic imine (C=N–C) groups is 2. The average molecular weight is 793 g/mol. The molecule has 1 unspecified atom stereocenters. The summed E-state index contributed by atoms with van der Waals surface area (Å²) in [6, 6.07) is 73.3. The lowest BCUT2D eigenvalue weighted by molar-refractivity contribution is 0.665. The monoisotopic (exact) mass is 792 g/mol. The van der Waals surface area contributed by atoms with Gasteiger partial charge in [-0.2, -0.15) is 0 Å². The lowest BCUT2D eigenvalue weighted by atomic mass is 10.00. The molecule has 10 aromatic carbocycles. The van der Waals surface area contributed by atoms with Crippen molar-refractivity contribution in [2.45, 2.75) is 6.17 Å². The quantitative estimate of drug-likeness (QED) is 0.189. The number of aromatic nitrogens is 1. The minimum Gasteiger partial charge on any atom is -0.455 e. The maximum Gasteiger partial charge on any atom is 0.163 e. The first kappa shape index (κ1) is 34.6. The van der Waals surface area contributed by atoms with Crippen LogP contribution >= 0.6 is 0 Å². The van der Waals surface area contributed by atoms with Crippen LogP contribution in [0.1, 0.15) is 22.9 Å². The van der Waals surface area contributed by atoms with E-state index in [1.165, 1.54) is 37.9 Å². The zero-order valence-electron chi connectivity index (χ0n) is 33.5. The van der Waals surface area contributed by atoms with E-state index < -0.39 is 6.17 Å². The topological polar surface area (TPSA) is 54.8 Å². The van der Waals surface area contributed by atoms with Gasteiger partial charge in [0.15, 0.2) is 5.84 Å². The second kappa shape index (κ2) is 13.6. The van der Waals surface area contributed by atoms with Crippen molar-refractivity contribution < 1.29 is 4.42 Å². The number of nitrogens with one attached hydrogen (secondary N) is 1. The minimum absolute atomic E-state index is 0.405. The molecule has 0 saturated heterocycles. The molecule has 0 fully saturated rings. The van der Waals surface area contributed by atoms with E-state index in [1.54, 1.807) is 0 Å². The van der Waals surface area contributed by atoms with Gasteiger partial charge in [-0.3, -0.25) is 0 Å². The van der Waals surface area contributed by atoms with Gasteiger partial charge in [0.2, 0.25) is 0 Å². The van der Waals surface area contributed by atoms with E-state index in [0.717, 1.165) is 77.5 Å². The molecule has 1 atom stereocenters. The number of nitrogens with zero attached hydrogens (tertiary/aromatic N) is 3. The van der Waals surface area contributed by atoms with Gasteiger partial charge in [0.1, 0.15) is 23.2 Å². The maximum atomic E-state index is 7.08. The van der Waals surface area contributed by atoms with Gasteiger partial charge >= 0.3 is 0 Å². The van der Waals surface area contributed by atoms with Gasteiger partial charge < -0.3 is 14.3 Å². The summed E-state index contributed by atoms with van der Waals surface area (Å²) in [7, 11) is 0. The van der Waals surface area contributed by atoms with E-state index >= 15 is 0 Å². The molecule has 13 rings (SSSR count). The van der Waals surface area contributed by atoms with Crippen LogP contribution in [0.3, 0.4) is 0 Å². The van der Waals surface area contributed by atoms with Crippen molar-refractivity contribution in [3.05, 3.63) is 223 Å². The van der Waals surface area contributed by atoms with E-state index in [4.69, 9.17) is 14.4 Å². The number of rotatable bonds is 5. The second-order valence-corrected chi connectivity index (χ2v) is 16.1. The molecule has 0 aliphatic carbocycles. The molecule has 0 saturated carbocycles. The molecule has 5 nitrogen and oxygen atoms in total. The van der Waals surface area contributed by atoms with Crippen LogP contribution < -0.4 is 5.32 Å². The van der Waals surface area contributed by atoms with Crippen LogP contribution in [-0.2, 0) is 0 Å². The summed E-state index contributed by atoms with van der Waals surface area (Å²) < 4.78 is 9.51. The van der Waals surface area contributed by atoms with Crippen molar-refractivity contribution in [3.8, 4) is 16.8 Å². The normalized spacial score (nSPS) is 14.3. The Morgan fingerprint density at radius 1 is 0.435 bits per heavy atom. The first-order valence-corrected chi connectivity index (χ1v) is 21.1. The maximum absolute atomic E-state index is 7.08. The predicted octanol–water partition coefficient (Wildman–Crippen LogP) is 14.3. The van der Waals surface area contributed by atoms with E-state index in [1.807, 2.05) is 24.3 Å². The molecular formula is C57H36N4O. The Balaban J connectivity index is 1.11. The zero-order chi connectivity index (χ0) is 40.7. The third-order valence-corrected chi connectivity index (χ3v) is 12.6. The molecule has 0 amide bonds. The summed E-state index contributed by atoms with van der Waals surface area (Å²) in [5.74, 6) is 1.36. The molecular weight excluding hydrogens is 757 g/mol. The molecule has 1 aliphatic rings. The van der Waals surface area contributed by atoms with Gasteiger partial charge in [-0.15, -0.1) is 0 Å². The van der Waals surface area contributed by atoms with Crippen LogP contribution in [0.4, 0.5) is 0 Å². The molecule has 62 heavy (non-hydrogen) atoms. The van der Waals surface area contributed by atoms with Crippen LogP contribution in [-0.4, -0.2) is 16.2 Å². The summed E-state index contributed by atoms with van der Waals surface area (Å²) in [5, 5.41) is 15.3. The fraction of sp³-hybridized carbons (Fsp3) is 0.0175. The average Bonchev–Trinajstić information content (AvgIpc) is 3.91. The highest BCUT2D eigenvalue weighted by molar-refractivity contribution is 6.29. The van der Waals surface area contributed by atoms with E-state index in [2.05, 4.69) is 192 Å². The van der Waals surface area contributed by atoms with E-state index in [-0.39, 0.29) is 0 Å². The first-order valence-electron chi connectivity index (χ1n) is 21.1. The Labute approximate surface area is 356 Å². The summed E-state index contributed by atoms with van der Waals surface area (Å²) in [4.78, 5) is 10.8. The van der Waals surface area contributed by atoms with Crippen molar-refractivity contribution in [3.63, 3.8) is 0 Å². The molecule has 2 aromatic heterocycles. The molecule has 12 aromatic rings. The van der Waals surface area contributed by atoms with Gasteiger partial charge in [-0.1, -0.05) is 176 Å². The van der Waals surface area contributed by atoms with Crippen molar-refractivity contribution >= 4 is 87.7 Å². The van der Waals surface area contributed by atoms with E-state index in [9.17, 15) is 0 Å². The Kier molecular flexibility index (Phi) is 7.60. The first-order chi connectivity index (χ1) is 30.7. The lowest BCUT2D eigenvalue weighted by Crippen LogP contribution is -2.33. The van der Waals surface area contributed by atoms with Crippen LogP contribution in [0, 0.1) is 0 Å². The Morgan fingerprint density at radius 3 is 1.65 bits per heavy atom. The molecule has 1 N–H and O–H groups in total. The van der Waals surface area contributed by atoms with Gasteiger partial charge in [0.05, 0.1) is 16.6 Å². The third-order valence-electron chi connectivity index (χ3n) is 12.6. The summed E-state index contributed by atoms with van der Waals surface area (Å²) in [6.45, 7) is 0. The van der Waals surface area contributed by atoms with Gasteiger partial charge in [0.25, 0.3) is 0 Å². The van der Waals surface area contributed by atoms with Crippen LogP contribution in [0.25, 0.3) is 92.9 Å². The summed E-state index contributed by atoms with van der Waals surface area (Å²) in [6.07, 6.45) is -0.405. The van der Waals surface area contributed by atoms with Crippen LogP contribution in [0.2, 0.25) is 0 Å². The minimum atomic E-state index is -0.405. The van der Waals surface area contributed by atoms with Crippen LogP contribution in [0.15, 0.2) is 221 Å². The standard InChI is InChI=1S/C57H36N4O/c1-3-13-35(14-4-1)36-23-25-41(26-24-36)56-58-55(40-18-5-2-6-19-40)59-57(60-56)48-34-42(33-47-46-30-27-39-17-9-12-22-45(39)53(46)62-54(47)48)61-49-31-28-37-15-7-10-20-43(37)51(49)52-44-21-11-8-16-38(44)29-32-50(52)61/h1-34,56H,(H,58,59,60). The van der Waals surface area contributed by atoms with Crippen molar-refractivity contribution in [1.29, 1.82) is 0 Å². The Bertz CT molecular complexity index is 3730. The molecule has 0 radical (unpaired) electrons. The SMILES string of the molecule is c1ccc(C2=NC(c3cc(-n4c5ccc6ccccc6c5c5c6ccccc6ccc54)cc4c3oc3c5ccccc5ccc43)=NC(c3ccc(-c4ccccc4)cc3)N2)cc1. The Hall–Kier alpha value is -8.28. The largest absolute Gasteiger partial charge is 0.455 e. The highest BCUT2D eigenvalue weighted by Gasteiger charge is 2.26. The Morgan fingerprint density at radius 2 is 0.984 bits per heavy atom. The number of furan rings is 1. The summed E-state index contributed by atoms with van der Waals surface area (Å²) in [5.41, 5.74) is 10.1. The third kappa shape index (κ3) is 5.35. The van der Waals surface area contributed by atoms with Crippen LogP contribution in [0.5, 0.6) is 0 Å². The predicted molar refractivity (Wildman–Crippen MR) is 258 cm³/mol. The smallest absolute Gasteiger partial charge is 0.163 e. The highest BCUT2D eigenvalue weighted by Crippen LogP contribution is 2.43. The number of fused-ring (bicyclic) bond motifs is 12. The molecule has 0 bridgehead atoms. The molecule has 0 spiro atoms.